The highest BCUT2D eigenvalue weighted by molar-refractivity contribution is 5.81. The topological polar surface area (TPSA) is 64.9 Å². The minimum absolute atomic E-state index is 0.0785. The zero-order chi connectivity index (χ0) is 10.3. The number of amides is 1. The normalized spacial score (nSPS) is 12.2. The molecular formula is C9H17N3O. The Labute approximate surface area is 79.3 Å². The number of likely N-dealkylation sites (N-methyl/N-ethyl adjacent to an activating group) is 1. The zero-order valence-corrected chi connectivity index (χ0v) is 8.42. The van der Waals surface area contributed by atoms with Crippen LogP contribution < -0.4 is 10.6 Å². The van der Waals surface area contributed by atoms with Gasteiger partial charge in [-0.1, -0.05) is 13.8 Å². The summed E-state index contributed by atoms with van der Waals surface area (Å²) >= 11 is 0. The molecule has 0 fully saturated rings. The van der Waals surface area contributed by atoms with E-state index in [9.17, 15) is 4.79 Å². The highest BCUT2D eigenvalue weighted by Gasteiger charge is 2.16. The van der Waals surface area contributed by atoms with Gasteiger partial charge >= 0.3 is 0 Å². The van der Waals surface area contributed by atoms with Crippen molar-refractivity contribution in [2.45, 2.75) is 26.3 Å². The smallest absolute Gasteiger partial charge is 0.237 e. The van der Waals surface area contributed by atoms with E-state index in [-0.39, 0.29) is 18.5 Å². The lowest BCUT2D eigenvalue weighted by atomic mass is 10.0. The molecule has 1 amide bonds. The number of carbonyl (C=O) groups excluding carboxylic acids is 1. The molecule has 0 saturated heterocycles. The van der Waals surface area contributed by atoms with Crippen LogP contribution in [0, 0.1) is 17.2 Å². The molecule has 0 aliphatic carbocycles. The van der Waals surface area contributed by atoms with Gasteiger partial charge in [-0.15, -0.1) is 0 Å². The van der Waals surface area contributed by atoms with Gasteiger partial charge in [-0.3, -0.25) is 4.79 Å². The van der Waals surface area contributed by atoms with Gasteiger partial charge in [-0.25, -0.2) is 0 Å². The van der Waals surface area contributed by atoms with Crippen molar-refractivity contribution < 1.29 is 4.79 Å². The molecule has 0 spiro atoms. The van der Waals surface area contributed by atoms with E-state index in [0.717, 1.165) is 6.42 Å². The van der Waals surface area contributed by atoms with Crippen LogP contribution in [0.1, 0.15) is 20.3 Å². The Bertz CT molecular complexity index is 196. The van der Waals surface area contributed by atoms with Crippen LogP contribution in [0.25, 0.3) is 0 Å². The number of nitrogens with zero attached hydrogens (tertiary/aromatic N) is 1. The van der Waals surface area contributed by atoms with Gasteiger partial charge in [0.2, 0.25) is 5.91 Å². The van der Waals surface area contributed by atoms with Gasteiger partial charge in [0.15, 0.2) is 0 Å². The number of hydrogen-bond donors (Lipinski definition) is 2. The fraction of sp³-hybridized carbons (Fsp3) is 0.778. The minimum Gasteiger partial charge on any atom is -0.342 e. The van der Waals surface area contributed by atoms with E-state index in [1.54, 1.807) is 7.05 Å². The van der Waals surface area contributed by atoms with Crippen LogP contribution in [0.2, 0.25) is 0 Å². The molecule has 0 bridgehead atoms. The van der Waals surface area contributed by atoms with Crippen molar-refractivity contribution in [3.8, 4) is 6.07 Å². The third-order valence-electron chi connectivity index (χ3n) is 1.71. The fourth-order valence-corrected chi connectivity index (χ4v) is 1.08. The van der Waals surface area contributed by atoms with E-state index >= 15 is 0 Å². The molecule has 0 rings (SSSR count). The first-order valence-electron chi connectivity index (χ1n) is 4.43. The molecular weight excluding hydrogens is 166 g/mol. The van der Waals surface area contributed by atoms with Crippen molar-refractivity contribution in [2.24, 2.45) is 5.92 Å². The number of carbonyl (C=O) groups is 1. The summed E-state index contributed by atoms with van der Waals surface area (Å²) in [6.45, 7) is 4.19. The van der Waals surface area contributed by atoms with Crippen molar-refractivity contribution in [2.75, 3.05) is 13.6 Å². The van der Waals surface area contributed by atoms with E-state index in [1.165, 1.54) is 0 Å². The van der Waals surface area contributed by atoms with Crippen molar-refractivity contribution >= 4 is 5.91 Å². The molecule has 0 aliphatic rings. The third kappa shape index (κ3) is 5.21. The maximum Gasteiger partial charge on any atom is 0.237 e. The molecule has 0 aliphatic heterocycles. The monoisotopic (exact) mass is 183 g/mol. The fourth-order valence-electron chi connectivity index (χ4n) is 1.08. The van der Waals surface area contributed by atoms with Crippen molar-refractivity contribution in [1.82, 2.24) is 10.6 Å². The molecule has 1 unspecified atom stereocenters. The average molecular weight is 183 g/mol. The molecule has 0 aromatic rings. The lowest BCUT2D eigenvalue weighted by Gasteiger charge is -2.16. The van der Waals surface area contributed by atoms with Crippen molar-refractivity contribution in [3.63, 3.8) is 0 Å². The van der Waals surface area contributed by atoms with E-state index < -0.39 is 0 Å². The van der Waals surface area contributed by atoms with Gasteiger partial charge < -0.3 is 10.6 Å². The van der Waals surface area contributed by atoms with Crippen molar-refractivity contribution in [1.29, 1.82) is 5.26 Å². The first kappa shape index (κ1) is 11.9. The molecule has 2 N–H and O–H groups in total. The van der Waals surface area contributed by atoms with Crippen LogP contribution in [-0.2, 0) is 4.79 Å². The quantitative estimate of drug-likeness (QED) is 0.601. The summed E-state index contributed by atoms with van der Waals surface area (Å²) in [4.78, 5) is 11.3. The van der Waals surface area contributed by atoms with Gasteiger partial charge in [0, 0.05) is 0 Å². The Hall–Kier alpha value is -1.08. The minimum atomic E-state index is -0.187. The highest BCUT2D eigenvalue weighted by Crippen LogP contribution is 2.03. The predicted molar refractivity (Wildman–Crippen MR) is 50.9 cm³/mol. The second-order valence-corrected chi connectivity index (χ2v) is 3.35. The Morgan fingerprint density at radius 2 is 2.15 bits per heavy atom. The Balaban J connectivity index is 3.93. The van der Waals surface area contributed by atoms with Crippen LogP contribution in [0.3, 0.4) is 0 Å². The summed E-state index contributed by atoms with van der Waals surface area (Å²) in [5.74, 6) is 0.364. The third-order valence-corrected chi connectivity index (χ3v) is 1.71. The summed E-state index contributed by atoms with van der Waals surface area (Å²) < 4.78 is 0. The lowest BCUT2D eigenvalue weighted by Crippen LogP contribution is -2.43. The maximum absolute atomic E-state index is 11.3. The molecule has 0 aromatic carbocycles. The predicted octanol–water partition coefficient (Wildman–Crippen LogP) is 0.260. The first-order chi connectivity index (χ1) is 6.11. The number of hydrogen-bond acceptors (Lipinski definition) is 3. The Kier molecular flexibility index (Phi) is 5.90. The summed E-state index contributed by atoms with van der Waals surface area (Å²) in [5.41, 5.74) is 0. The standard InChI is InChI=1S/C9H17N3O/c1-7(2)6-8(11-3)9(13)12-5-4-10/h7-8,11H,5-6H2,1-3H3,(H,12,13). The van der Waals surface area contributed by atoms with E-state index in [1.807, 2.05) is 6.07 Å². The van der Waals surface area contributed by atoms with Crippen LogP contribution in [0.15, 0.2) is 0 Å². The molecule has 74 valence electrons. The van der Waals surface area contributed by atoms with E-state index in [2.05, 4.69) is 24.5 Å². The van der Waals surface area contributed by atoms with Gasteiger partial charge in [-0.05, 0) is 19.4 Å². The number of nitriles is 1. The summed E-state index contributed by atoms with van der Waals surface area (Å²) in [5, 5.41) is 13.7. The van der Waals surface area contributed by atoms with Crippen molar-refractivity contribution in [3.05, 3.63) is 0 Å². The average Bonchev–Trinajstić information content (AvgIpc) is 2.09. The van der Waals surface area contributed by atoms with Gasteiger partial charge in [0.1, 0.15) is 6.54 Å². The molecule has 4 heteroatoms. The second kappa shape index (κ2) is 6.44. The number of nitrogens with one attached hydrogen (secondary N) is 2. The highest BCUT2D eigenvalue weighted by atomic mass is 16.2. The SMILES string of the molecule is CNC(CC(C)C)C(=O)NCC#N. The number of rotatable bonds is 5. The molecule has 13 heavy (non-hydrogen) atoms. The first-order valence-corrected chi connectivity index (χ1v) is 4.43. The molecule has 0 radical (unpaired) electrons. The molecule has 0 heterocycles. The Morgan fingerprint density at radius 1 is 1.54 bits per heavy atom. The molecule has 0 aromatic heterocycles. The molecule has 1 atom stereocenters. The maximum atomic E-state index is 11.3. The summed E-state index contributed by atoms with van der Waals surface area (Å²) in [6, 6.07) is 1.68. The van der Waals surface area contributed by atoms with Crippen LogP contribution in [0.4, 0.5) is 0 Å². The van der Waals surface area contributed by atoms with Crippen LogP contribution >= 0.6 is 0 Å². The summed E-state index contributed by atoms with van der Waals surface area (Å²) in [7, 11) is 1.75. The molecule has 4 nitrogen and oxygen atoms in total. The van der Waals surface area contributed by atoms with E-state index in [4.69, 9.17) is 5.26 Å². The lowest BCUT2D eigenvalue weighted by molar-refractivity contribution is -0.123. The molecule has 0 saturated carbocycles. The van der Waals surface area contributed by atoms with Crippen LogP contribution in [0.5, 0.6) is 0 Å². The van der Waals surface area contributed by atoms with Gasteiger partial charge in [-0.2, -0.15) is 5.26 Å². The Morgan fingerprint density at radius 3 is 2.54 bits per heavy atom. The van der Waals surface area contributed by atoms with Gasteiger partial charge in [0.25, 0.3) is 0 Å². The second-order valence-electron chi connectivity index (χ2n) is 3.35. The van der Waals surface area contributed by atoms with Gasteiger partial charge in [0.05, 0.1) is 12.1 Å². The zero-order valence-electron chi connectivity index (χ0n) is 8.42. The van der Waals surface area contributed by atoms with E-state index in [0.29, 0.717) is 5.92 Å². The summed E-state index contributed by atoms with van der Waals surface area (Å²) in [6.07, 6.45) is 0.785. The van der Waals surface area contributed by atoms with Crippen LogP contribution in [-0.4, -0.2) is 25.5 Å². The largest absolute Gasteiger partial charge is 0.342 e.